The molecule has 0 atom stereocenters. The Morgan fingerprint density at radius 1 is 1.40 bits per heavy atom. The summed E-state index contributed by atoms with van der Waals surface area (Å²) in [4.78, 5) is 13.7. The minimum Gasteiger partial charge on any atom is -0.368 e. The van der Waals surface area contributed by atoms with Crippen LogP contribution in [-0.4, -0.2) is 22.6 Å². The van der Waals surface area contributed by atoms with Crippen LogP contribution < -0.4 is 10.6 Å². The van der Waals surface area contributed by atoms with Gasteiger partial charge in [-0.05, 0) is 45.1 Å². The number of nitrogens with zero attached hydrogens (tertiary/aromatic N) is 3. The van der Waals surface area contributed by atoms with Gasteiger partial charge in [-0.25, -0.2) is 4.98 Å². The van der Waals surface area contributed by atoms with E-state index in [-0.39, 0.29) is 0 Å². The molecule has 1 fully saturated rings. The molecule has 5 heteroatoms. The molecule has 0 spiro atoms. The fourth-order valence-corrected chi connectivity index (χ4v) is 3.45. The highest BCUT2D eigenvalue weighted by Gasteiger charge is 2.27. The fourth-order valence-electron chi connectivity index (χ4n) is 2.49. The van der Waals surface area contributed by atoms with E-state index in [0.29, 0.717) is 12.0 Å². The average molecular weight is 290 g/mol. The van der Waals surface area contributed by atoms with E-state index in [1.54, 1.807) is 11.3 Å². The molecule has 2 aromatic heterocycles. The zero-order chi connectivity index (χ0) is 14.3. The largest absolute Gasteiger partial charge is 0.368 e. The molecule has 3 rings (SSSR count). The molecule has 2 aromatic rings. The molecule has 1 aliphatic rings. The van der Waals surface area contributed by atoms with Crippen LogP contribution in [0.1, 0.15) is 38.5 Å². The summed E-state index contributed by atoms with van der Waals surface area (Å²) >= 11 is 1.73. The summed E-state index contributed by atoms with van der Waals surface area (Å²) in [5, 5.41) is 1.16. The Kier molecular flexibility index (Phi) is 3.54. The summed E-state index contributed by atoms with van der Waals surface area (Å²) in [6, 6.07) is 2.66. The van der Waals surface area contributed by atoms with Crippen LogP contribution in [0.2, 0.25) is 0 Å². The molecule has 2 heterocycles. The van der Waals surface area contributed by atoms with Gasteiger partial charge in [0.2, 0.25) is 5.95 Å². The van der Waals surface area contributed by atoms with E-state index in [2.05, 4.69) is 41.7 Å². The van der Waals surface area contributed by atoms with Gasteiger partial charge in [-0.3, -0.25) is 0 Å². The first-order valence-electron chi connectivity index (χ1n) is 7.41. The zero-order valence-electron chi connectivity index (χ0n) is 12.4. The topological polar surface area (TPSA) is 55.0 Å². The lowest BCUT2D eigenvalue weighted by atomic mass is 10.2. The highest BCUT2D eigenvalue weighted by molar-refractivity contribution is 7.18. The van der Waals surface area contributed by atoms with Gasteiger partial charge in [0.15, 0.2) is 0 Å². The Morgan fingerprint density at radius 2 is 2.15 bits per heavy atom. The number of rotatable bonds is 5. The van der Waals surface area contributed by atoms with Gasteiger partial charge in [0.05, 0.1) is 5.39 Å². The second-order valence-corrected chi connectivity index (χ2v) is 7.00. The molecule has 0 amide bonds. The highest BCUT2D eigenvalue weighted by Crippen LogP contribution is 2.36. The van der Waals surface area contributed by atoms with Crippen molar-refractivity contribution in [1.29, 1.82) is 0 Å². The molecular formula is C15H22N4S. The second-order valence-electron chi connectivity index (χ2n) is 5.88. The predicted molar refractivity (Wildman–Crippen MR) is 86.4 cm³/mol. The van der Waals surface area contributed by atoms with Crippen LogP contribution in [0, 0.1) is 5.92 Å². The molecule has 2 N–H and O–H groups in total. The minimum absolute atomic E-state index is 0.387. The maximum atomic E-state index is 5.92. The van der Waals surface area contributed by atoms with Crippen LogP contribution in [0.4, 0.5) is 11.8 Å². The standard InChI is InChI=1S/C15H22N4S/c1-4-11-7-12-13(17-15(16)18-14(12)20-11)19(9(2)3)8-10-5-6-10/h7,9-10H,4-6,8H2,1-3H3,(H2,16,17,18). The minimum atomic E-state index is 0.387. The predicted octanol–water partition coefficient (Wildman–Crippen LogP) is 3.46. The van der Waals surface area contributed by atoms with Gasteiger partial charge in [-0.15, -0.1) is 11.3 Å². The third-order valence-corrected chi connectivity index (χ3v) is 5.01. The Hall–Kier alpha value is -1.36. The molecule has 0 aromatic carbocycles. The molecule has 1 saturated carbocycles. The van der Waals surface area contributed by atoms with Gasteiger partial charge in [-0.1, -0.05) is 6.92 Å². The van der Waals surface area contributed by atoms with Crippen molar-refractivity contribution in [3.05, 3.63) is 10.9 Å². The molecule has 0 aliphatic heterocycles. The summed E-state index contributed by atoms with van der Waals surface area (Å²) in [5.74, 6) is 2.23. The molecule has 1 aliphatic carbocycles. The maximum absolute atomic E-state index is 5.92. The van der Waals surface area contributed by atoms with E-state index in [1.807, 2.05) is 0 Å². The van der Waals surface area contributed by atoms with Crippen LogP contribution >= 0.6 is 11.3 Å². The monoisotopic (exact) mass is 290 g/mol. The Labute approximate surface area is 124 Å². The summed E-state index contributed by atoms with van der Waals surface area (Å²) < 4.78 is 0. The van der Waals surface area contributed by atoms with E-state index < -0.39 is 0 Å². The SMILES string of the molecule is CCc1cc2c(N(CC3CC3)C(C)C)nc(N)nc2s1. The summed E-state index contributed by atoms with van der Waals surface area (Å²) in [6.07, 6.45) is 3.72. The molecule has 20 heavy (non-hydrogen) atoms. The lowest BCUT2D eigenvalue weighted by Crippen LogP contribution is -2.33. The van der Waals surface area contributed by atoms with E-state index in [9.17, 15) is 0 Å². The van der Waals surface area contributed by atoms with Gasteiger partial charge >= 0.3 is 0 Å². The molecule has 0 radical (unpaired) electrons. The van der Waals surface area contributed by atoms with E-state index in [4.69, 9.17) is 5.73 Å². The van der Waals surface area contributed by atoms with Crippen molar-refractivity contribution in [1.82, 2.24) is 9.97 Å². The van der Waals surface area contributed by atoms with Gasteiger partial charge in [0.1, 0.15) is 10.6 Å². The fraction of sp³-hybridized carbons (Fsp3) is 0.600. The second kappa shape index (κ2) is 5.20. The number of anilines is 2. The van der Waals surface area contributed by atoms with Crippen molar-refractivity contribution < 1.29 is 0 Å². The van der Waals surface area contributed by atoms with Crippen LogP contribution in [-0.2, 0) is 6.42 Å². The normalized spacial score (nSPS) is 15.2. The number of hydrogen-bond donors (Lipinski definition) is 1. The van der Waals surface area contributed by atoms with Crippen molar-refractivity contribution in [3.63, 3.8) is 0 Å². The summed E-state index contributed by atoms with van der Waals surface area (Å²) in [6.45, 7) is 7.70. The zero-order valence-corrected chi connectivity index (χ0v) is 13.2. The number of thiophene rings is 1. The van der Waals surface area contributed by atoms with E-state index in [1.165, 1.54) is 17.7 Å². The van der Waals surface area contributed by atoms with Crippen LogP contribution in [0.5, 0.6) is 0 Å². The third-order valence-electron chi connectivity index (χ3n) is 3.84. The number of fused-ring (bicyclic) bond motifs is 1. The van der Waals surface area contributed by atoms with Crippen molar-refractivity contribution >= 4 is 33.3 Å². The quantitative estimate of drug-likeness (QED) is 0.916. The number of aryl methyl sites for hydroxylation is 1. The van der Waals surface area contributed by atoms with Crippen molar-refractivity contribution in [2.24, 2.45) is 5.92 Å². The number of hydrogen-bond acceptors (Lipinski definition) is 5. The summed E-state index contributed by atoms with van der Waals surface area (Å²) in [5.41, 5.74) is 5.92. The smallest absolute Gasteiger partial charge is 0.223 e. The van der Waals surface area contributed by atoms with Gasteiger partial charge in [0, 0.05) is 17.5 Å². The van der Waals surface area contributed by atoms with Crippen molar-refractivity contribution in [2.75, 3.05) is 17.2 Å². The third kappa shape index (κ3) is 2.59. The lowest BCUT2D eigenvalue weighted by Gasteiger charge is -2.28. The first-order valence-corrected chi connectivity index (χ1v) is 8.22. The van der Waals surface area contributed by atoms with E-state index in [0.717, 1.165) is 34.9 Å². The molecule has 0 saturated heterocycles. The van der Waals surface area contributed by atoms with Crippen molar-refractivity contribution in [3.8, 4) is 0 Å². The van der Waals surface area contributed by atoms with Gasteiger partial charge in [-0.2, -0.15) is 4.98 Å². The number of nitrogens with two attached hydrogens (primary N) is 1. The Bertz CT molecular complexity index is 616. The number of aromatic nitrogens is 2. The van der Waals surface area contributed by atoms with Crippen LogP contribution in [0.15, 0.2) is 6.07 Å². The maximum Gasteiger partial charge on any atom is 0.223 e. The Morgan fingerprint density at radius 3 is 2.75 bits per heavy atom. The lowest BCUT2D eigenvalue weighted by molar-refractivity contribution is 0.639. The number of nitrogen functional groups attached to an aromatic ring is 1. The summed E-state index contributed by atoms with van der Waals surface area (Å²) in [7, 11) is 0. The molecule has 108 valence electrons. The highest BCUT2D eigenvalue weighted by atomic mass is 32.1. The molecule has 4 nitrogen and oxygen atoms in total. The first kappa shape index (κ1) is 13.6. The molecular weight excluding hydrogens is 268 g/mol. The van der Waals surface area contributed by atoms with Gasteiger partial charge < -0.3 is 10.6 Å². The molecule has 0 bridgehead atoms. The van der Waals surface area contributed by atoms with Crippen molar-refractivity contribution in [2.45, 2.75) is 46.1 Å². The van der Waals surface area contributed by atoms with Gasteiger partial charge in [0.25, 0.3) is 0 Å². The average Bonchev–Trinajstić information content (AvgIpc) is 3.12. The van der Waals surface area contributed by atoms with Crippen LogP contribution in [0.3, 0.4) is 0 Å². The molecule has 0 unspecified atom stereocenters. The van der Waals surface area contributed by atoms with E-state index >= 15 is 0 Å². The van der Waals surface area contributed by atoms with Crippen LogP contribution in [0.25, 0.3) is 10.2 Å². The first-order chi connectivity index (χ1) is 9.58. The Balaban J connectivity index is 2.08.